The molecule has 0 radical (unpaired) electrons. The van der Waals surface area contributed by atoms with E-state index in [1.165, 1.54) is 0 Å². The predicted molar refractivity (Wildman–Crippen MR) is 116 cm³/mol. The molecule has 0 amide bonds. The molecule has 0 saturated carbocycles. The number of halogens is 2. The van der Waals surface area contributed by atoms with E-state index >= 15 is 0 Å². The van der Waals surface area contributed by atoms with Crippen LogP contribution in [0.5, 0.6) is 0 Å². The molecular weight excluding hydrogens is 463 g/mol. The largest absolute Gasteiger partial charge is 0.356 e. The third kappa shape index (κ3) is 5.57. The number of aliphatic imine (C=N–C) groups is 1. The van der Waals surface area contributed by atoms with Crippen molar-refractivity contribution in [1.82, 2.24) is 25.2 Å². The van der Waals surface area contributed by atoms with Crippen molar-refractivity contribution in [2.45, 2.75) is 19.4 Å². The highest BCUT2D eigenvalue weighted by molar-refractivity contribution is 14.0. The Hall–Kier alpha value is -1.87. The molecule has 2 heterocycles. The Morgan fingerprint density at radius 2 is 2.04 bits per heavy atom. The lowest BCUT2D eigenvalue weighted by molar-refractivity contribution is 0.714. The van der Waals surface area contributed by atoms with Gasteiger partial charge in [-0.05, 0) is 36.2 Å². The van der Waals surface area contributed by atoms with Crippen LogP contribution in [0.4, 0.5) is 0 Å². The highest BCUT2D eigenvalue weighted by Crippen LogP contribution is 2.10. The van der Waals surface area contributed by atoms with Gasteiger partial charge in [-0.3, -0.25) is 9.39 Å². The van der Waals surface area contributed by atoms with E-state index < -0.39 is 0 Å². The van der Waals surface area contributed by atoms with E-state index in [-0.39, 0.29) is 24.0 Å². The molecule has 0 saturated heterocycles. The lowest BCUT2D eigenvalue weighted by atomic mass is 10.2. The minimum absolute atomic E-state index is 0. The second-order valence-electron chi connectivity index (χ2n) is 5.63. The Balaban J connectivity index is 0.00000243. The van der Waals surface area contributed by atoms with Gasteiger partial charge in [-0.1, -0.05) is 29.8 Å². The molecule has 0 fully saturated rings. The molecule has 0 aliphatic heterocycles. The van der Waals surface area contributed by atoms with Crippen molar-refractivity contribution in [3.05, 3.63) is 65.1 Å². The predicted octanol–water partition coefficient (Wildman–Crippen LogP) is 3.30. The number of guanidine groups is 1. The lowest BCUT2D eigenvalue weighted by Gasteiger charge is -2.12. The zero-order valence-corrected chi connectivity index (χ0v) is 17.6. The molecule has 3 rings (SSSR count). The molecule has 138 valence electrons. The number of nitrogens with zero attached hydrogens (tertiary/aromatic N) is 4. The van der Waals surface area contributed by atoms with Gasteiger partial charge in [0.15, 0.2) is 11.6 Å². The van der Waals surface area contributed by atoms with Gasteiger partial charge in [0, 0.05) is 37.8 Å². The van der Waals surface area contributed by atoms with Crippen molar-refractivity contribution >= 4 is 47.2 Å². The van der Waals surface area contributed by atoms with E-state index in [4.69, 9.17) is 11.6 Å². The van der Waals surface area contributed by atoms with E-state index in [1.54, 1.807) is 7.05 Å². The van der Waals surface area contributed by atoms with Crippen LogP contribution in [-0.4, -0.2) is 34.2 Å². The maximum atomic E-state index is 6.00. The topological polar surface area (TPSA) is 66.6 Å². The number of benzene rings is 1. The second-order valence-corrected chi connectivity index (χ2v) is 6.07. The lowest BCUT2D eigenvalue weighted by Crippen LogP contribution is -2.37. The summed E-state index contributed by atoms with van der Waals surface area (Å²) in [7, 11) is 1.76. The fraction of sp³-hybridized carbons (Fsp3) is 0.278. The smallest absolute Gasteiger partial charge is 0.191 e. The average Bonchev–Trinajstić information content (AvgIpc) is 3.04. The molecule has 0 unspecified atom stereocenters. The van der Waals surface area contributed by atoms with Crippen LogP contribution in [0, 0.1) is 0 Å². The normalized spacial score (nSPS) is 11.2. The molecular formula is C18H22ClIN6. The number of fused-ring (bicyclic) bond motifs is 1. The van der Waals surface area contributed by atoms with E-state index in [1.807, 2.05) is 53.1 Å². The summed E-state index contributed by atoms with van der Waals surface area (Å²) in [5.74, 6) is 1.74. The van der Waals surface area contributed by atoms with E-state index in [0.717, 1.165) is 47.4 Å². The van der Waals surface area contributed by atoms with Gasteiger partial charge in [0.05, 0.1) is 0 Å². The zero-order chi connectivity index (χ0) is 17.5. The third-order valence-corrected chi connectivity index (χ3v) is 4.06. The Bertz CT molecular complexity index is 864. The first kappa shape index (κ1) is 20.4. The highest BCUT2D eigenvalue weighted by Gasteiger charge is 2.04. The molecule has 8 heteroatoms. The summed E-state index contributed by atoms with van der Waals surface area (Å²) in [6.45, 7) is 1.48. The van der Waals surface area contributed by atoms with Crippen LogP contribution in [0.15, 0.2) is 53.7 Å². The van der Waals surface area contributed by atoms with Crippen LogP contribution in [0.25, 0.3) is 5.65 Å². The summed E-state index contributed by atoms with van der Waals surface area (Å²) in [6, 6.07) is 13.7. The van der Waals surface area contributed by atoms with Crippen molar-refractivity contribution in [3.63, 3.8) is 0 Å². The number of hydrogen-bond acceptors (Lipinski definition) is 3. The minimum Gasteiger partial charge on any atom is -0.356 e. The standard InChI is InChI=1S/C18H21ClN6.HI/c1-20-18(22-13-14-6-4-7-15(19)12-14)21-10-5-9-17-24-23-16-8-2-3-11-25(16)17;/h2-4,6-8,11-12H,5,9-10,13H2,1H3,(H2,20,21,22);1H. The molecule has 0 aliphatic carbocycles. The number of pyridine rings is 1. The molecule has 2 N–H and O–H groups in total. The van der Waals surface area contributed by atoms with Crippen LogP contribution in [-0.2, 0) is 13.0 Å². The van der Waals surface area contributed by atoms with Gasteiger partial charge in [-0.25, -0.2) is 0 Å². The summed E-state index contributed by atoms with van der Waals surface area (Å²) in [4.78, 5) is 4.24. The van der Waals surface area contributed by atoms with Crippen LogP contribution < -0.4 is 10.6 Å². The molecule has 0 spiro atoms. The van der Waals surface area contributed by atoms with Crippen LogP contribution >= 0.6 is 35.6 Å². The van der Waals surface area contributed by atoms with Gasteiger partial charge in [0.2, 0.25) is 0 Å². The first-order valence-electron chi connectivity index (χ1n) is 8.24. The number of hydrogen-bond donors (Lipinski definition) is 2. The summed E-state index contributed by atoms with van der Waals surface area (Å²) in [5, 5.41) is 15.7. The van der Waals surface area contributed by atoms with Gasteiger partial charge in [0.25, 0.3) is 0 Å². The Morgan fingerprint density at radius 1 is 1.15 bits per heavy atom. The number of aromatic nitrogens is 3. The Labute approximate surface area is 175 Å². The van der Waals surface area contributed by atoms with Crippen molar-refractivity contribution in [3.8, 4) is 0 Å². The SMILES string of the molecule is CN=C(NCCCc1nnc2ccccn12)NCc1cccc(Cl)c1.I. The molecule has 3 aromatic rings. The highest BCUT2D eigenvalue weighted by atomic mass is 127. The summed E-state index contributed by atoms with van der Waals surface area (Å²) in [5.41, 5.74) is 2.00. The van der Waals surface area contributed by atoms with Crippen LogP contribution in [0.3, 0.4) is 0 Å². The zero-order valence-electron chi connectivity index (χ0n) is 14.5. The van der Waals surface area contributed by atoms with Gasteiger partial charge in [0.1, 0.15) is 5.82 Å². The first-order chi connectivity index (χ1) is 12.3. The fourth-order valence-corrected chi connectivity index (χ4v) is 2.78. The van der Waals surface area contributed by atoms with E-state index in [0.29, 0.717) is 6.54 Å². The Morgan fingerprint density at radius 3 is 2.85 bits per heavy atom. The van der Waals surface area contributed by atoms with Gasteiger partial charge in [-0.2, -0.15) is 0 Å². The number of nitrogens with one attached hydrogen (secondary N) is 2. The van der Waals surface area contributed by atoms with Crippen molar-refractivity contribution < 1.29 is 0 Å². The summed E-state index contributed by atoms with van der Waals surface area (Å²) >= 11 is 6.00. The first-order valence-corrected chi connectivity index (χ1v) is 8.61. The minimum atomic E-state index is 0. The molecule has 0 bridgehead atoms. The fourth-order valence-electron chi connectivity index (χ4n) is 2.57. The quantitative estimate of drug-likeness (QED) is 0.244. The molecule has 2 aromatic heterocycles. The molecule has 0 atom stereocenters. The molecule has 6 nitrogen and oxygen atoms in total. The van der Waals surface area contributed by atoms with Crippen molar-refractivity contribution in [1.29, 1.82) is 0 Å². The summed E-state index contributed by atoms with van der Waals surface area (Å²) < 4.78 is 2.02. The van der Waals surface area contributed by atoms with Gasteiger partial charge < -0.3 is 10.6 Å². The number of aryl methyl sites for hydroxylation is 1. The van der Waals surface area contributed by atoms with Crippen LogP contribution in [0.2, 0.25) is 5.02 Å². The monoisotopic (exact) mass is 484 g/mol. The van der Waals surface area contributed by atoms with Gasteiger partial charge >= 0.3 is 0 Å². The van der Waals surface area contributed by atoms with Crippen LogP contribution in [0.1, 0.15) is 17.8 Å². The van der Waals surface area contributed by atoms with Crippen molar-refractivity contribution in [2.24, 2.45) is 4.99 Å². The maximum Gasteiger partial charge on any atom is 0.191 e. The molecule has 26 heavy (non-hydrogen) atoms. The average molecular weight is 485 g/mol. The molecule has 1 aromatic carbocycles. The maximum absolute atomic E-state index is 6.00. The van der Waals surface area contributed by atoms with Crippen molar-refractivity contribution in [2.75, 3.05) is 13.6 Å². The molecule has 0 aliphatic rings. The van der Waals surface area contributed by atoms with E-state index in [2.05, 4.69) is 25.8 Å². The third-order valence-electron chi connectivity index (χ3n) is 3.83. The second kappa shape index (κ2) is 10.3. The Kier molecular flexibility index (Phi) is 8.11. The van der Waals surface area contributed by atoms with E-state index in [9.17, 15) is 0 Å². The summed E-state index contributed by atoms with van der Waals surface area (Å²) in [6.07, 6.45) is 3.78. The number of rotatable bonds is 6. The van der Waals surface area contributed by atoms with Gasteiger partial charge in [-0.15, -0.1) is 34.2 Å².